The van der Waals surface area contributed by atoms with Crippen LogP contribution in [0.3, 0.4) is 0 Å². The van der Waals surface area contributed by atoms with E-state index in [0.717, 1.165) is 22.2 Å². The van der Waals surface area contributed by atoms with Gasteiger partial charge in [0.05, 0.1) is 0 Å². The Kier molecular flexibility index (Phi) is 6.13. The summed E-state index contributed by atoms with van der Waals surface area (Å²) in [5, 5.41) is 2.87. The number of rotatable bonds is 4. The first kappa shape index (κ1) is 17.6. The Hall–Kier alpha value is -0.771. The molecule has 1 aromatic carbocycles. The molecule has 0 radical (unpaired) electrons. The molecule has 2 heterocycles. The summed E-state index contributed by atoms with van der Waals surface area (Å²) in [6, 6.07) is 10.4. The smallest absolute Gasteiger partial charge is 1.00 e. The van der Waals surface area contributed by atoms with E-state index < -0.39 is 0 Å². The van der Waals surface area contributed by atoms with Gasteiger partial charge in [0.2, 0.25) is 0 Å². The quantitative estimate of drug-likeness (QED) is 0.455. The molecule has 0 saturated carbocycles. The van der Waals surface area contributed by atoms with Crippen molar-refractivity contribution in [3.63, 3.8) is 0 Å². The number of hydrogen-bond donors (Lipinski definition) is 0. The Morgan fingerprint density at radius 2 is 2.23 bits per heavy atom. The molecule has 0 aliphatic carbocycles. The number of hydrogen-bond acceptors (Lipinski definition) is 2. The van der Waals surface area contributed by atoms with Crippen LogP contribution in [-0.4, -0.2) is 21.6 Å². The molecule has 0 bridgehead atoms. The van der Waals surface area contributed by atoms with Crippen molar-refractivity contribution in [2.75, 3.05) is 7.11 Å². The first-order chi connectivity index (χ1) is 10.2. The summed E-state index contributed by atoms with van der Waals surface area (Å²) < 4.78 is 10.3. The van der Waals surface area contributed by atoms with E-state index in [4.69, 9.17) is 16.3 Å². The van der Waals surface area contributed by atoms with E-state index in [1.54, 1.807) is 18.4 Å². The number of fused-ring (bicyclic) bond motifs is 1. The fourth-order valence-corrected chi connectivity index (χ4v) is 5.73. The Morgan fingerprint density at radius 1 is 1.41 bits per heavy atom. The van der Waals surface area contributed by atoms with Gasteiger partial charge < -0.3 is 12.4 Å². The number of thiophene rings is 1. The zero-order valence-electron chi connectivity index (χ0n) is 12.2. The molecule has 2 aromatic heterocycles. The molecule has 2 nitrogen and oxygen atoms in total. The van der Waals surface area contributed by atoms with Crippen LogP contribution >= 0.6 is 22.9 Å². The first-order valence-corrected chi connectivity index (χ1v) is 9.61. The van der Waals surface area contributed by atoms with Crippen LogP contribution in [-0.2, 0) is 6.54 Å². The van der Waals surface area contributed by atoms with Crippen LogP contribution < -0.4 is 21.7 Å². The zero-order chi connectivity index (χ0) is 14.8. The second-order valence-corrected chi connectivity index (χ2v) is 8.07. The molecule has 0 N–H and O–H groups in total. The maximum atomic E-state index is 6.46. The van der Waals surface area contributed by atoms with Gasteiger partial charge in [0.1, 0.15) is 0 Å². The van der Waals surface area contributed by atoms with Gasteiger partial charge in [0, 0.05) is 0 Å². The molecule has 116 valence electrons. The van der Waals surface area contributed by atoms with Gasteiger partial charge in [-0.25, -0.2) is 0 Å². The molecule has 6 heteroatoms. The van der Waals surface area contributed by atoms with E-state index in [0.29, 0.717) is 0 Å². The second-order valence-electron chi connectivity index (χ2n) is 4.49. The molecule has 0 amide bonds. The van der Waals surface area contributed by atoms with Crippen LogP contribution in [0.4, 0.5) is 0 Å². The third kappa shape index (κ3) is 3.42. The average Bonchev–Trinajstić information content (AvgIpc) is 3.13. The number of methoxy groups -OCH3 is 1. The molecule has 22 heavy (non-hydrogen) atoms. The summed E-state index contributed by atoms with van der Waals surface area (Å²) in [5.74, 6) is 0.901. The number of aromatic nitrogens is 1. The molecule has 0 fully saturated rings. The molecule has 0 aliphatic rings. The van der Waals surface area contributed by atoms with E-state index >= 15 is 0 Å². The van der Waals surface area contributed by atoms with Gasteiger partial charge in [-0.15, -0.1) is 0 Å². The van der Waals surface area contributed by atoms with E-state index in [9.17, 15) is 0 Å². The molecular weight excluding hydrogens is 404 g/mol. The molecule has 0 spiro atoms. The van der Waals surface area contributed by atoms with Gasteiger partial charge in [-0.05, 0) is 0 Å². The summed E-state index contributed by atoms with van der Waals surface area (Å²) in [5.41, 5.74) is 1.25. The summed E-state index contributed by atoms with van der Waals surface area (Å²) in [6.45, 7) is 3.10. The Labute approximate surface area is 151 Å². The van der Waals surface area contributed by atoms with Gasteiger partial charge in [-0.2, -0.15) is 0 Å². The van der Waals surface area contributed by atoms with Crippen LogP contribution in [0.25, 0.3) is 20.9 Å². The van der Waals surface area contributed by atoms with Crippen LogP contribution in [0.2, 0.25) is 0 Å². The molecule has 0 aliphatic heterocycles. The fourth-order valence-electron chi connectivity index (χ4n) is 2.24. The van der Waals surface area contributed by atoms with Crippen LogP contribution in [0, 0.1) is 0 Å². The molecule has 0 atom stereocenters. The minimum absolute atomic E-state index is 0. The number of halogens is 2. The topological polar surface area (TPSA) is 13.1 Å². The summed E-state index contributed by atoms with van der Waals surface area (Å²) in [6.07, 6.45) is 2.11. The summed E-state index contributed by atoms with van der Waals surface area (Å²) in [4.78, 5) is 1.12. The Balaban J connectivity index is 0.00000176. The fraction of sp³-hybridized carbons (Fsp3) is 0.188. The van der Waals surface area contributed by atoms with Crippen molar-refractivity contribution in [1.29, 1.82) is 0 Å². The second kappa shape index (κ2) is 7.67. The van der Waals surface area contributed by atoms with Crippen molar-refractivity contribution < 1.29 is 21.7 Å². The molecular formula is C16H15Cl2NOSSe. The standard InChI is InChI=1S/C16H15ClNOSSe.ClH/c1-3-18-13-9-11(19-2)6-7-15(13)21-16(18)10-12(17)14-5-4-8-20-14;/h4-10H,3H2,1-2H3;1H/q+1;/p-1/b12-10-;. The predicted octanol–water partition coefficient (Wildman–Crippen LogP) is 1.02. The van der Waals surface area contributed by atoms with Crippen LogP contribution in [0.15, 0.2) is 35.7 Å². The van der Waals surface area contributed by atoms with Gasteiger partial charge in [0.25, 0.3) is 0 Å². The van der Waals surface area contributed by atoms with E-state index in [1.165, 1.54) is 14.3 Å². The number of aryl methyl sites for hydroxylation is 1. The van der Waals surface area contributed by atoms with Gasteiger partial charge in [-0.3, -0.25) is 0 Å². The molecule has 3 aromatic rings. The van der Waals surface area contributed by atoms with Crippen LogP contribution in [0.5, 0.6) is 5.75 Å². The average molecular weight is 419 g/mol. The van der Waals surface area contributed by atoms with Crippen molar-refractivity contribution >= 4 is 58.3 Å². The summed E-state index contributed by atoms with van der Waals surface area (Å²) in [7, 11) is 1.70. The monoisotopic (exact) mass is 419 g/mol. The minimum Gasteiger partial charge on any atom is -1.00 e. The largest absolute Gasteiger partial charge is 1.00 e. The maximum Gasteiger partial charge on any atom is -1.00 e. The minimum atomic E-state index is 0. The van der Waals surface area contributed by atoms with Crippen molar-refractivity contribution in [3.8, 4) is 5.75 Å². The van der Waals surface area contributed by atoms with Crippen LogP contribution in [0.1, 0.15) is 16.4 Å². The Morgan fingerprint density at radius 3 is 2.86 bits per heavy atom. The molecule has 0 saturated heterocycles. The van der Waals surface area contributed by atoms with Gasteiger partial charge in [0.15, 0.2) is 0 Å². The zero-order valence-corrected chi connectivity index (χ0v) is 16.2. The summed E-state index contributed by atoms with van der Waals surface area (Å²) >= 11 is 8.42. The number of benzene rings is 1. The third-order valence-electron chi connectivity index (χ3n) is 3.26. The van der Waals surface area contributed by atoms with Gasteiger partial charge >= 0.3 is 139 Å². The molecule has 3 rings (SSSR count). The van der Waals surface area contributed by atoms with Gasteiger partial charge in [-0.1, -0.05) is 0 Å². The SMILES string of the molecule is CC[n+]1c(/C=C(\Cl)c2cccs2)[se]c2ccc(OC)cc21.[Cl-]. The van der Waals surface area contributed by atoms with E-state index in [2.05, 4.69) is 35.8 Å². The normalized spacial score (nSPS) is 11.5. The molecule has 0 unspecified atom stereocenters. The third-order valence-corrected chi connectivity index (χ3v) is 6.92. The van der Waals surface area contributed by atoms with E-state index in [-0.39, 0.29) is 26.9 Å². The van der Waals surface area contributed by atoms with Crippen molar-refractivity contribution in [1.82, 2.24) is 0 Å². The Bertz CT molecular complexity index is 796. The van der Waals surface area contributed by atoms with Crippen molar-refractivity contribution in [3.05, 3.63) is 45.2 Å². The number of ether oxygens (including phenoxy) is 1. The van der Waals surface area contributed by atoms with E-state index in [1.807, 2.05) is 17.5 Å². The first-order valence-electron chi connectivity index (χ1n) is 6.64. The predicted molar refractivity (Wildman–Crippen MR) is 91.4 cm³/mol. The van der Waals surface area contributed by atoms with Crippen molar-refractivity contribution in [2.24, 2.45) is 0 Å². The maximum absolute atomic E-state index is 6.46. The van der Waals surface area contributed by atoms with Crippen molar-refractivity contribution in [2.45, 2.75) is 13.5 Å². The number of nitrogens with zero attached hydrogens (tertiary/aromatic N) is 1.